The number of nitrogens with zero attached hydrogens (tertiary/aromatic N) is 4. The number of nitrogens with two attached hydrogens (primary N) is 1. The van der Waals surface area contributed by atoms with Crippen molar-refractivity contribution in [1.82, 2.24) is 19.7 Å². The van der Waals surface area contributed by atoms with E-state index >= 15 is 0 Å². The highest BCUT2D eigenvalue weighted by molar-refractivity contribution is 5.99. The Kier molecular flexibility index (Phi) is 5.94. The van der Waals surface area contributed by atoms with E-state index in [-0.39, 0.29) is 5.56 Å². The molecular formula is C22H23FN6O2. The molecule has 0 aliphatic rings. The molecule has 31 heavy (non-hydrogen) atoms. The molecule has 0 atom stereocenters. The zero-order valence-electron chi connectivity index (χ0n) is 17.3. The number of halogens is 1. The summed E-state index contributed by atoms with van der Waals surface area (Å²) in [4.78, 5) is 9.03. The topological polar surface area (TPSA) is 100 Å². The molecular weight excluding hydrogens is 399 g/mol. The van der Waals surface area contributed by atoms with Crippen LogP contribution >= 0.6 is 0 Å². The van der Waals surface area contributed by atoms with Crippen molar-refractivity contribution in [1.29, 1.82) is 0 Å². The number of hydrogen-bond donors (Lipinski definition) is 2. The van der Waals surface area contributed by atoms with Gasteiger partial charge in [-0.3, -0.25) is 0 Å². The number of methoxy groups -OCH3 is 2. The van der Waals surface area contributed by atoms with Crippen molar-refractivity contribution in [3.63, 3.8) is 0 Å². The number of hydrogen-bond acceptors (Lipinski definition) is 7. The first kappa shape index (κ1) is 20.5. The van der Waals surface area contributed by atoms with Gasteiger partial charge < -0.3 is 20.5 Å². The van der Waals surface area contributed by atoms with E-state index in [4.69, 9.17) is 15.2 Å². The van der Waals surface area contributed by atoms with Gasteiger partial charge in [-0.15, -0.1) is 5.10 Å². The molecule has 2 aromatic heterocycles. The minimum atomic E-state index is -0.475. The first-order valence-electron chi connectivity index (χ1n) is 9.75. The monoisotopic (exact) mass is 422 g/mol. The average Bonchev–Trinajstić information content (AvgIpc) is 3.09. The maximum absolute atomic E-state index is 14.9. The Balaban J connectivity index is 1.85. The summed E-state index contributed by atoms with van der Waals surface area (Å²) in [5.74, 6) is 0.627. The van der Waals surface area contributed by atoms with E-state index in [1.165, 1.54) is 13.2 Å². The number of benzene rings is 2. The second-order valence-corrected chi connectivity index (χ2v) is 6.89. The molecule has 0 radical (unpaired) electrons. The highest BCUT2D eigenvalue weighted by Gasteiger charge is 2.21. The maximum atomic E-state index is 14.9. The second kappa shape index (κ2) is 8.97. The van der Waals surface area contributed by atoms with Gasteiger partial charge in [0.2, 0.25) is 5.95 Å². The van der Waals surface area contributed by atoms with Crippen molar-refractivity contribution in [3.05, 3.63) is 59.9 Å². The van der Waals surface area contributed by atoms with Crippen LogP contribution in [0.15, 0.2) is 48.5 Å². The van der Waals surface area contributed by atoms with Crippen molar-refractivity contribution in [2.75, 3.05) is 38.4 Å². The predicted octanol–water partition coefficient (Wildman–Crippen LogP) is 3.33. The van der Waals surface area contributed by atoms with Gasteiger partial charge >= 0.3 is 0 Å². The van der Waals surface area contributed by atoms with Crippen molar-refractivity contribution >= 4 is 22.8 Å². The van der Waals surface area contributed by atoms with Crippen molar-refractivity contribution in [2.24, 2.45) is 0 Å². The molecule has 0 saturated heterocycles. The van der Waals surface area contributed by atoms with Gasteiger partial charge in [-0.2, -0.15) is 4.98 Å². The van der Waals surface area contributed by atoms with Gasteiger partial charge in [-0.05, 0) is 17.7 Å². The predicted molar refractivity (Wildman–Crippen MR) is 118 cm³/mol. The summed E-state index contributed by atoms with van der Waals surface area (Å²) in [7, 11) is 3.09. The Bertz CT molecular complexity index is 1200. The average molecular weight is 422 g/mol. The standard InChI is InChI=1S/C22H23FN6O2/c1-30-11-10-25-22-26-19(16-9-8-15(31-2)12-17(16)23)18-20(24)29(28-21(18)27-22)13-14-6-4-3-5-7-14/h3-9,12H,10-11,13,24H2,1-2H3,(H,25,27,28). The molecule has 0 spiro atoms. The van der Waals surface area contributed by atoms with E-state index in [0.717, 1.165) is 5.56 Å². The number of aromatic nitrogens is 4. The maximum Gasteiger partial charge on any atom is 0.225 e. The third kappa shape index (κ3) is 4.26. The fourth-order valence-corrected chi connectivity index (χ4v) is 3.28. The van der Waals surface area contributed by atoms with E-state index in [2.05, 4.69) is 20.4 Å². The third-order valence-corrected chi connectivity index (χ3v) is 4.84. The molecule has 160 valence electrons. The molecule has 4 rings (SSSR count). The number of anilines is 2. The molecule has 0 amide bonds. The summed E-state index contributed by atoms with van der Waals surface area (Å²) in [6, 6.07) is 14.4. The lowest BCUT2D eigenvalue weighted by Crippen LogP contribution is -2.11. The van der Waals surface area contributed by atoms with Gasteiger partial charge in [0.25, 0.3) is 0 Å². The van der Waals surface area contributed by atoms with Crippen LogP contribution in [0.4, 0.5) is 16.2 Å². The van der Waals surface area contributed by atoms with Crippen LogP contribution < -0.4 is 15.8 Å². The molecule has 4 aromatic rings. The van der Waals surface area contributed by atoms with E-state index < -0.39 is 5.82 Å². The van der Waals surface area contributed by atoms with Crippen molar-refractivity contribution in [3.8, 4) is 17.0 Å². The molecule has 8 nitrogen and oxygen atoms in total. The number of fused-ring (bicyclic) bond motifs is 1. The quantitative estimate of drug-likeness (QED) is 0.420. The third-order valence-electron chi connectivity index (χ3n) is 4.84. The number of nitrogen functional groups attached to an aromatic ring is 1. The van der Waals surface area contributed by atoms with Crippen molar-refractivity contribution in [2.45, 2.75) is 6.54 Å². The minimum Gasteiger partial charge on any atom is -0.497 e. The Morgan fingerprint density at radius 3 is 2.61 bits per heavy atom. The van der Waals surface area contributed by atoms with Crippen LogP contribution in [0.2, 0.25) is 0 Å². The normalized spacial score (nSPS) is 11.1. The van der Waals surface area contributed by atoms with E-state index in [0.29, 0.717) is 53.9 Å². The molecule has 2 aromatic carbocycles. The zero-order valence-corrected chi connectivity index (χ0v) is 17.3. The van der Waals surface area contributed by atoms with Gasteiger partial charge in [0, 0.05) is 25.3 Å². The fourth-order valence-electron chi connectivity index (χ4n) is 3.28. The Morgan fingerprint density at radius 1 is 1.10 bits per heavy atom. The van der Waals surface area contributed by atoms with Crippen LogP contribution in [0.5, 0.6) is 5.75 Å². The molecule has 0 fully saturated rings. The molecule has 0 saturated carbocycles. The molecule has 0 aliphatic heterocycles. The van der Waals surface area contributed by atoms with Gasteiger partial charge in [-0.1, -0.05) is 30.3 Å². The summed E-state index contributed by atoms with van der Waals surface area (Å²) in [5, 5.41) is 8.15. The van der Waals surface area contributed by atoms with E-state index in [1.54, 1.807) is 23.9 Å². The highest BCUT2D eigenvalue weighted by atomic mass is 19.1. The zero-order chi connectivity index (χ0) is 21.8. The number of rotatable bonds is 8. The number of nitrogens with one attached hydrogen (secondary N) is 1. The molecule has 3 N–H and O–H groups in total. The van der Waals surface area contributed by atoms with Crippen LogP contribution in [0, 0.1) is 5.82 Å². The molecule has 0 bridgehead atoms. The van der Waals surface area contributed by atoms with E-state index in [1.807, 2.05) is 30.3 Å². The van der Waals surface area contributed by atoms with Crippen LogP contribution in [-0.4, -0.2) is 47.1 Å². The first-order valence-corrected chi connectivity index (χ1v) is 9.75. The first-order chi connectivity index (χ1) is 15.1. The fraction of sp³-hybridized carbons (Fsp3) is 0.227. The highest BCUT2D eigenvalue weighted by Crippen LogP contribution is 2.34. The van der Waals surface area contributed by atoms with Gasteiger partial charge in [-0.25, -0.2) is 14.1 Å². The van der Waals surface area contributed by atoms with Gasteiger partial charge in [0.1, 0.15) is 17.4 Å². The van der Waals surface area contributed by atoms with E-state index in [9.17, 15) is 4.39 Å². The Morgan fingerprint density at radius 2 is 1.90 bits per heavy atom. The summed E-state index contributed by atoms with van der Waals surface area (Å²) in [5.41, 5.74) is 8.50. The molecule has 9 heteroatoms. The van der Waals surface area contributed by atoms with Crippen LogP contribution in [0.1, 0.15) is 5.56 Å². The number of ether oxygens (including phenoxy) is 2. The SMILES string of the molecule is COCCNc1nc(-c2ccc(OC)cc2F)c2c(N)n(Cc3ccccc3)nc2n1. The lowest BCUT2D eigenvalue weighted by atomic mass is 10.1. The minimum absolute atomic E-state index is 0.286. The lowest BCUT2D eigenvalue weighted by Gasteiger charge is -2.10. The van der Waals surface area contributed by atoms with Gasteiger partial charge in [0.15, 0.2) is 5.65 Å². The van der Waals surface area contributed by atoms with Crippen LogP contribution in [-0.2, 0) is 11.3 Å². The Labute approximate surface area is 178 Å². The molecule has 0 aliphatic carbocycles. The largest absolute Gasteiger partial charge is 0.497 e. The smallest absolute Gasteiger partial charge is 0.225 e. The summed E-state index contributed by atoms with van der Waals surface area (Å²) in [6.45, 7) is 1.42. The van der Waals surface area contributed by atoms with Crippen LogP contribution in [0.25, 0.3) is 22.3 Å². The lowest BCUT2D eigenvalue weighted by molar-refractivity contribution is 0.210. The van der Waals surface area contributed by atoms with Crippen molar-refractivity contribution < 1.29 is 13.9 Å². The molecule has 2 heterocycles. The molecule has 0 unspecified atom stereocenters. The second-order valence-electron chi connectivity index (χ2n) is 6.89. The Hall–Kier alpha value is -3.72. The summed E-state index contributed by atoms with van der Waals surface area (Å²) < 4.78 is 26.8. The summed E-state index contributed by atoms with van der Waals surface area (Å²) in [6.07, 6.45) is 0. The van der Waals surface area contributed by atoms with Gasteiger partial charge in [0.05, 0.1) is 31.3 Å². The summed E-state index contributed by atoms with van der Waals surface area (Å²) >= 11 is 0. The van der Waals surface area contributed by atoms with Crippen LogP contribution in [0.3, 0.4) is 0 Å².